The van der Waals surface area contributed by atoms with E-state index in [9.17, 15) is 0 Å². The summed E-state index contributed by atoms with van der Waals surface area (Å²) >= 11 is 0. The van der Waals surface area contributed by atoms with E-state index in [1.165, 1.54) is 18.4 Å². The highest BCUT2D eigenvalue weighted by Gasteiger charge is 2.17. The van der Waals surface area contributed by atoms with Crippen LogP contribution < -0.4 is 10.6 Å². The topological polar surface area (TPSA) is 24.1 Å². The Morgan fingerprint density at radius 3 is 3.00 bits per heavy atom. The van der Waals surface area contributed by atoms with Crippen LogP contribution in [0.3, 0.4) is 0 Å². The Kier molecular flexibility index (Phi) is 2.39. The van der Waals surface area contributed by atoms with Crippen LogP contribution in [0.4, 0.5) is 0 Å². The minimum atomic E-state index is 0.263. The van der Waals surface area contributed by atoms with Crippen LogP contribution in [0.25, 0.3) is 0 Å². The van der Waals surface area contributed by atoms with Gasteiger partial charge in [-0.05, 0) is 43.5 Å². The van der Waals surface area contributed by atoms with Crippen LogP contribution in [-0.4, -0.2) is 6.17 Å². The van der Waals surface area contributed by atoms with Crippen molar-refractivity contribution in [3.05, 3.63) is 36.2 Å². The summed E-state index contributed by atoms with van der Waals surface area (Å²) in [6.07, 6.45) is 13.6. The van der Waals surface area contributed by atoms with Gasteiger partial charge in [0.15, 0.2) is 0 Å². The first-order valence-corrected chi connectivity index (χ1v) is 4.88. The minimum absolute atomic E-state index is 0.263. The largest absolute Gasteiger partial charge is 0.368 e. The van der Waals surface area contributed by atoms with E-state index in [2.05, 4.69) is 42.0 Å². The van der Waals surface area contributed by atoms with Gasteiger partial charge in [0, 0.05) is 6.20 Å². The molecule has 0 saturated heterocycles. The minimum Gasteiger partial charge on any atom is -0.368 e. The molecule has 0 spiro atoms. The van der Waals surface area contributed by atoms with Gasteiger partial charge in [-0.15, -0.1) is 0 Å². The zero-order valence-corrected chi connectivity index (χ0v) is 7.96. The number of allylic oxidation sites excluding steroid dienone is 3. The van der Waals surface area contributed by atoms with Crippen molar-refractivity contribution < 1.29 is 0 Å². The summed E-state index contributed by atoms with van der Waals surface area (Å²) in [5, 5.41) is 6.54. The molecule has 0 bridgehead atoms. The Bertz CT molecular complexity index is 259. The normalized spacial score (nSPS) is 27.2. The van der Waals surface area contributed by atoms with E-state index in [-0.39, 0.29) is 6.17 Å². The van der Waals surface area contributed by atoms with Crippen LogP contribution >= 0.6 is 0 Å². The van der Waals surface area contributed by atoms with Crippen LogP contribution in [0.2, 0.25) is 0 Å². The zero-order valence-electron chi connectivity index (χ0n) is 7.96. The van der Waals surface area contributed by atoms with Crippen molar-refractivity contribution in [2.45, 2.75) is 25.9 Å². The van der Waals surface area contributed by atoms with Crippen molar-refractivity contribution in [3.63, 3.8) is 0 Å². The molecule has 0 radical (unpaired) electrons. The van der Waals surface area contributed by atoms with E-state index in [1.54, 1.807) is 0 Å². The van der Waals surface area contributed by atoms with Crippen molar-refractivity contribution in [2.24, 2.45) is 5.92 Å². The maximum atomic E-state index is 3.29. The highest BCUT2D eigenvalue weighted by Crippen LogP contribution is 2.29. The fourth-order valence-electron chi connectivity index (χ4n) is 1.26. The van der Waals surface area contributed by atoms with Crippen LogP contribution in [0.1, 0.15) is 19.8 Å². The van der Waals surface area contributed by atoms with Crippen molar-refractivity contribution >= 4 is 0 Å². The molecule has 13 heavy (non-hydrogen) atoms. The maximum Gasteiger partial charge on any atom is 0.115 e. The lowest BCUT2D eigenvalue weighted by atomic mass is 10.2. The van der Waals surface area contributed by atoms with Gasteiger partial charge in [0.05, 0.1) is 0 Å². The van der Waals surface area contributed by atoms with Crippen LogP contribution in [0, 0.1) is 5.92 Å². The Morgan fingerprint density at radius 2 is 2.38 bits per heavy atom. The molecule has 2 N–H and O–H groups in total. The molecule has 0 amide bonds. The highest BCUT2D eigenvalue weighted by atomic mass is 15.1. The van der Waals surface area contributed by atoms with Crippen molar-refractivity contribution in [3.8, 4) is 0 Å². The third-order valence-electron chi connectivity index (χ3n) is 2.31. The lowest BCUT2D eigenvalue weighted by Crippen LogP contribution is -2.35. The predicted molar refractivity (Wildman–Crippen MR) is 54.8 cm³/mol. The molecule has 70 valence electrons. The summed E-state index contributed by atoms with van der Waals surface area (Å²) in [7, 11) is 0. The summed E-state index contributed by atoms with van der Waals surface area (Å²) in [6.45, 7) is 2.08. The Labute approximate surface area is 79.4 Å². The van der Waals surface area contributed by atoms with Crippen molar-refractivity contribution in [1.82, 2.24) is 10.6 Å². The number of nitrogens with one attached hydrogen (secondary N) is 2. The molecule has 1 unspecified atom stereocenters. The Balaban J connectivity index is 1.74. The van der Waals surface area contributed by atoms with Gasteiger partial charge < -0.3 is 10.6 Å². The first kappa shape index (κ1) is 8.42. The maximum absolute atomic E-state index is 3.29. The smallest absolute Gasteiger partial charge is 0.115 e. The Morgan fingerprint density at radius 1 is 1.54 bits per heavy atom. The molecule has 2 aliphatic rings. The predicted octanol–water partition coefficient (Wildman–Crippen LogP) is 1.89. The second-order valence-electron chi connectivity index (χ2n) is 3.76. The molecule has 1 heterocycles. The third-order valence-corrected chi connectivity index (χ3v) is 2.31. The molecule has 1 fully saturated rings. The quantitative estimate of drug-likeness (QED) is 0.686. The zero-order chi connectivity index (χ0) is 9.10. The molecular formula is C11H16N2. The first-order valence-electron chi connectivity index (χ1n) is 4.88. The fourth-order valence-corrected chi connectivity index (χ4v) is 1.26. The van der Waals surface area contributed by atoms with E-state index in [0.29, 0.717) is 0 Å². The third kappa shape index (κ3) is 2.65. The molecular weight excluding hydrogens is 160 g/mol. The summed E-state index contributed by atoms with van der Waals surface area (Å²) in [5.41, 5.74) is 1.27. The van der Waals surface area contributed by atoms with Crippen LogP contribution in [0.15, 0.2) is 36.2 Å². The summed E-state index contributed by atoms with van der Waals surface area (Å²) in [4.78, 5) is 0. The van der Waals surface area contributed by atoms with Gasteiger partial charge >= 0.3 is 0 Å². The second kappa shape index (κ2) is 3.69. The van der Waals surface area contributed by atoms with E-state index in [0.717, 1.165) is 5.92 Å². The van der Waals surface area contributed by atoms with Gasteiger partial charge in [0.1, 0.15) is 6.17 Å². The molecule has 1 atom stereocenters. The molecule has 1 aliphatic carbocycles. The number of hydrogen-bond donors (Lipinski definition) is 2. The summed E-state index contributed by atoms with van der Waals surface area (Å²) in [5.74, 6) is 0.845. The van der Waals surface area contributed by atoms with Gasteiger partial charge in [-0.2, -0.15) is 0 Å². The van der Waals surface area contributed by atoms with Gasteiger partial charge in [-0.1, -0.05) is 12.2 Å². The lowest BCUT2D eigenvalue weighted by Gasteiger charge is -2.17. The monoisotopic (exact) mass is 176 g/mol. The van der Waals surface area contributed by atoms with Crippen molar-refractivity contribution in [2.75, 3.05) is 0 Å². The fraction of sp³-hybridized carbons (Fsp3) is 0.455. The second-order valence-corrected chi connectivity index (χ2v) is 3.76. The van der Waals surface area contributed by atoms with E-state index >= 15 is 0 Å². The standard InChI is InChI=1S/C11H16N2/c1-9-2-5-11(13-8-9)12-7-6-10-3-4-10/h2,5-8,10-13H,3-4H2,1H3/b7-6-. The summed E-state index contributed by atoms with van der Waals surface area (Å²) in [6, 6.07) is 0. The Hall–Kier alpha value is -1.18. The molecule has 0 aromatic heterocycles. The van der Waals surface area contributed by atoms with Gasteiger partial charge in [0.2, 0.25) is 0 Å². The molecule has 2 nitrogen and oxygen atoms in total. The van der Waals surface area contributed by atoms with Gasteiger partial charge in [0.25, 0.3) is 0 Å². The molecule has 0 aromatic carbocycles. The average molecular weight is 176 g/mol. The number of dihydropyridines is 1. The van der Waals surface area contributed by atoms with E-state index in [1.807, 2.05) is 6.20 Å². The molecule has 2 rings (SSSR count). The molecule has 0 aromatic rings. The first-order chi connectivity index (χ1) is 6.34. The summed E-state index contributed by atoms with van der Waals surface area (Å²) < 4.78 is 0. The highest BCUT2D eigenvalue weighted by molar-refractivity contribution is 5.21. The van der Waals surface area contributed by atoms with Crippen LogP contribution in [0.5, 0.6) is 0 Å². The van der Waals surface area contributed by atoms with Crippen molar-refractivity contribution in [1.29, 1.82) is 0 Å². The van der Waals surface area contributed by atoms with Crippen LogP contribution in [-0.2, 0) is 0 Å². The van der Waals surface area contributed by atoms with E-state index in [4.69, 9.17) is 0 Å². The van der Waals surface area contributed by atoms with E-state index < -0.39 is 0 Å². The molecule has 1 aliphatic heterocycles. The molecule has 1 saturated carbocycles. The number of hydrogen-bond acceptors (Lipinski definition) is 2. The van der Waals surface area contributed by atoms with Gasteiger partial charge in [-0.25, -0.2) is 0 Å². The van der Waals surface area contributed by atoms with Gasteiger partial charge in [-0.3, -0.25) is 0 Å². The SMILES string of the molecule is CC1=CNC(N/C=C\C2CC2)C=C1. The molecule has 2 heteroatoms. The lowest BCUT2D eigenvalue weighted by molar-refractivity contribution is 0.626. The number of rotatable bonds is 3. The average Bonchev–Trinajstić information content (AvgIpc) is 2.92.